The highest BCUT2D eigenvalue weighted by Crippen LogP contribution is 2.27. The van der Waals surface area contributed by atoms with E-state index >= 15 is 0 Å². The molecule has 0 saturated carbocycles. The SMILES string of the molecule is CCCC(C(=O)C(O)(CO)CCC)C(=O)C(O)(CO)CCC. The lowest BCUT2D eigenvalue weighted by atomic mass is 9.76. The van der Waals surface area contributed by atoms with Gasteiger partial charge >= 0.3 is 0 Å². The van der Waals surface area contributed by atoms with Crippen LogP contribution in [0, 0.1) is 5.92 Å². The molecular formula is C16H30O6. The lowest BCUT2D eigenvalue weighted by molar-refractivity contribution is -0.159. The molecule has 2 atom stereocenters. The van der Waals surface area contributed by atoms with E-state index in [2.05, 4.69) is 0 Å². The van der Waals surface area contributed by atoms with E-state index in [0.717, 1.165) is 0 Å². The first-order chi connectivity index (χ1) is 10.3. The molecule has 0 bridgehead atoms. The highest BCUT2D eigenvalue weighted by Gasteiger charge is 2.47. The first kappa shape index (κ1) is 21.2. The van der Waals surface area contributed by atoms with Crippen LogP contribution in [0.1, 0.15) is 59.3 Å². The van der Waals surface area contributed by atoms with Crippen molar-refractivity contribution in [3.05, 3.63) is 0 Å². The second-order valence-corrected chi connectivity index (χ2v) is 5.95. The van der Waals surface area contributed by atoms with Crippen LogP contribution in [-0.4, -0.2) is 56.4 Å². The van der Waals surface area contributed by atoms with Crippen LogP contribution in [0.25, 0.3) is 0 Å². The third kappa shape index (κ3) is 4.84. The summed E-state index contributed by atoms with van der Waals surface area (Å²) in [6.07, 6.45) is 1.69. The second kappa shape index (κ2) is 9.35. The van der Waals surface area contributed by atoms with Gasteiger partial charge in [-0.1, -0.05) is 40.0 Å². The van der Waals surface area contributed by atoms with Crippen LogP contribution >= 0.6 is 0 Å². The molecule has 6 nitrogen and oxygen atoms in total. The van der Waals surface area contributed by atoms with E-state index < -0.39 is 41.9 Å². The molecular weight excluding hydrogens is 288 g/mol. The van der Waals surface area contributed by atoms with Gasteiger partial charge in [0.1, 0.15) is 11.2 Å². The minimum atomic E-state index is -1.98. The Hall–Kier alpha value is -0.820. The van der Waals surface area contributed by atoms with Crippen LogP contribution in [0.4, 0.5) is 0 Å². The van der Waals surface area contributed by atoms with Crippen molar-refractivity contribution in [3.8, 4) is 0 Å². The minimum absolute atomic E-state index is 0.0428. The van der Waals surface area contributed by atoms with Gasteiger partial charge in [-0.15, -0.1) is 0 Å². The van der Waals surface area contributed by atoms with Crippen molar-refractivity contribution in [1.82, 2.24) is 0 Å². The molecule has 0 radical (unpaired) electrons. The number of carbonyl (C=O) groups is 2. The molecule has 4 N–H and O–H groups in total. The van der Waals surface area contributed by atoms with E-state index in [4.69, 9.17) is 0 Å². The van der Waals surface area contributed by atoms with Crippen molar-refractivity contribution in [2.24, 2.45) is 5.92 Å². The quantitative estimate of drug-likeness (QED) is 0.391. The van der Waals surface area contributed by atoms with Crippen molar-refractivity contribution < 1.29 is 30.0 Å². The molecule has 0 aromatic heterocycles. The molecule has 0 spiro atoms. The average Bonchev–Trinajstić information content (AvgIpc) is 2.51. The molecule has 0 aromatic carbocycles. The fourth-order valence-electron chi connectivity index (χ4n) is 2.71. The van der Waals surface area contributed by atoms with E-state index in [1.807, 2.05) is 0 Å². The Bertz CT molecular complexity index is 338. The molecule has 0 rings (SSSR count). The maximum atomic E-state index is 12.6. The zero-order valence-electron chi connectivity index (χ0n) is 13.8. The largest absolute Gasteiger partial charge is 0.393 e. The predicted octanol–water partition coefficient (Wildman–Crippen LogP) is 0.588. The molecule has 0 aliphatic rings. The number of rotatable bonds is 12. The van der Waals surface area contributed by atoms with Crippen LogP contribution in [0.5, 0.6) is 0 Å². The first-order valence-corrected chi connectivity index (χ1v) is 8.01. The number of aliphatic hydroxyl groups is 4. The molecule has 0 aromatic rings. The van der Waals surface area contributed by atoms with E-state index in [1.54, 1.807) is 20.8 Å². The van der Waals surface area contributed by atoms with Gasteiger partial charge in [-0.05, 0) is 19.3 Å². The van der Waals surface area contributed by atoms with Gasteiger partial charge in [0.2, 0.25) is 0 Å². The summed E-state index contributed by atoms with van der Waals surface area (Å²) < 4.78 is 0. The molecule has 22 heavy (non-hydrogen) atoms. The number of ketones is 2. The van der Waals surface area contributed by atoms with Gasteiger partial charge in [-0.25, -0.2) is 0 Å². The molecule has 6 heteroatoms. The summed E-state index contributed by atoms with van der Waals surface area (Å²) in [6.45, 7) is 3.76. The van der Waals surface area contributed by atoms with Gasteiger partial charge in [-0.3, -0.25) is 9.59 Å². The Kier molecular flexibility index (Phi) is 9.00. The molecule has 0 aliphatic heterocycles. The lowest BCUT2D eigenvalue weighted by Crippen LogP contribution is -2.54. The minimum Gasteiger partial charge on any atom is -0.393 e. The number of carbonyl (C=O) groups excluding carboxylic acids is 2. The van der Waals surface area contributed by atoms with E-state index in [0.29, 0.717) is 19.3 Å². The fourth-order valence-corrected chi connectivity index (χ4v) is 2.71. The molecule has 2 unspecified atom stereocenters. The highest BCUT2D eigenvalue weighted by molar-refractivity contribution is 6.09. The molecule has 0 saturated heterocycles. The maximum Gasteiger partial charge on any atom is 0.177 e. The van der Waals surface area contributed by atoms with Crippen molar-refractivity contribution in [1.29, 1.82) is 0 Å². The third-order valence-electron chi connectivity index (χ3n) is 3.98. The smallest absolute Gasteiger partial charge is 0.177 e. The molecule has 0 heterocycles. The van der Waals surface area contributed by atoms with Gasteiger partial charge in [0.05, 0.1) is 19.1 Å². The van der Waals surface area contributed by atoms with Crippen LogP contribution in [0.3, 0.4) is 0 Å². The second-order valence-electron chi connectivity index (χ2n) is 5.95. The zero-order valence-corrected chi connectivity index (χ0v) is 13.8. The standard InChI is InChI=1S/C16H30O6/c1-4-7-12(13(19)15(21,10-17)8-5-2)14(20)16(22,11-18)9-6-3/h12,17-18,21-22H,4-11H2,1-3H3. The zero-order chi connectivity index (χ0) is 17.4. The van der Waals surface area contributed by atoms with E-state index in [-0.39, 0.29) is 19.3 Å². The normalized spacial score (nSPS) is 18.3. The lowest BCUT2D eigenvalue weighted by Gasteiger charge is -2.32. The van der Waals surface area contributed by atoms with Crippen molar-refractivity contribution in [2.45, 2.75) is 70.5 Å². The molecule has 130 valence electrons. The number of hydrogen-bond acceptors (Lipinski definition) is 6. The summed E-state index contributed by atoms with van der Waals surface area (Å²) >= 11 is 0. The molecule has 0 amide bonds. The van der Waals surface area contributed by atoms with Gasteiger partial charge in [0.15, 0.2) is 11.6 Å². The molecule has 0 aliphatic carbocycles. The summed E-state index contributed by atoms with van der Waals surface area (Å²) in [5, 5.41) is 39.3. The van der Waals surface area contributed by atoms with E-state index in [1.165, 1.54) is 0 Å². The monoisotopic (exact) mass is 318 g/mol. The predicted molar refractivity (Wildman–Crippen MR) is 82.3 cm³/mol. The third-order valence-corrected chi connectivity index (χ3v) is 3.98. The Balaban J connectivity index is 5.53. The number of hydrogen-bond donors (Lipinski definition) is 4. The van der Waals surface area contributed by atoms with Gasteiger partial charge < -0.3 is 20.4 Å². The van der Waals surface area contributed by atoms with Crippen LogP contribution < -0.4 is 0 Å². The summed E-state index contributed by atoms with van der Waals surface area (Å²) in [5.74, 6) is -2.77. The summed E-state index contributed by atoms with van der Waals surface area (Å²) in [5.41, 5.74) is -3.96. The van der Waals surface area contributed by atoms with Gasteiger partial charge in [0, 0.05) is 0 Å². The van der Waals surface area contributed by atoms with Gasteiger partial charge in [0.25, 0.3) is 0 Å². The molecule has 0 fully saturated rings. The van der Waals surface area contributed by atoms with Crippen LogP contribution in [0.2, 0.25) is 0 Å². The summed E-state index contributed by atoms with van der Waals surface area (Å²) in [7, 11) is 0. The average molecular weight is 318 g/mol. The maximum absolute atomic E-state index is 12.6. The topological polar surface area (TPSA) is 115 Å². The number of aliphatic hydroxyl groups excluding tert-OH is 2. The first-order valence-electron chi connectivity index (χ1n) is 8.01. The van der Waals surface area contributed by atoms with Crippen molar-refractivity contribution in [2.75, 3.05) is 13.2 Å². The van der Waals surface area contributed by atoms with Gasteiger partial charge in [-0.2, -0.15) is 0 Å². The van der Waals surface area contributed by atoms with Crippen molar-refractivity contribution in [3.63, 3.8) is 0 Å². The van der Waals surface area contributed by atoms with E-state index in [9.17, 15) is 30.0 Å². The Morgan fingerprint density at radius 1 is 0.818 bits per heavy atom. The fraction of sp³-hybridized carbons (Fsp3) is 0.875. The Morgan fingerprint density at radius 3 is 1.41 bits per heavy atom. The Morgan fingerprint density at radius 2 is 1.18 bits per heavy atom. The number of Topliss-reactive ketones (excluding diaryl/α,β-unsaturated/α-hetero) is 2. The van der Waals surface area contributed by atoms with Crippen molar-refractivity contribution >= 4 is 11.6 Å². The summed E-state index contributed by atoms with van der Waals surface area (Å²) in [4.78, 5) is 25.1. The highest BCUT2D eigenvalue weighted by atomic mass is 16.3. The summed E-state index contributed by atoms with van der Waals surface area (Å²) in [6, 6.07) is 0. The Labute approximate surface area is 132 Å². The van der Waals surface area contributed by atoms with Crippen LogP contribution in [-0.2, 0) is 9.59 Å². The van der Waals surface area contributed by atoms with Crippen LogP contribution in [0.15, 0.2) is 0 Å².